The van der Waals surface area contributed by atoms with Crippen molar-refractivity contribution in [2.24, 2.45) is 0 Å². The second-order valence-electron chi connectivity index (χ2n) is 4.12. The zero-order valence-electron chi connectivity index (χ0n) is 9.45. The van der Waals surface area contributed by atoms with Crippen LogP contribution in [0.25, 0.3) is 11.0 Å². The molecule has 0 saturated heterocycles. The van der Waals surface area contributed by atoms with Gasteiger partial charge in [0.25, 0.3) is 0 Å². The molecule has 0 amide bonds. The summed E-state index contributed by atoms with van der Waals surface area (Å²) in [4.78, 5) is 7.42. The van der Waals surface area contributed by atoms with Crippen LogP contribution in [0.4, 0.5) is 4.39 Å². The summed E-state index contributed by atoms with van der Waals surface area (Å²) in [6.45, 7) is 0. The maximum absolute atomic E-state index is 13.5. The third-order valence-corrected chi connectivity index (χ3v) is 3.33. The van der Waals surface area contributed by atoms with Crippen molar-refractivity contribution in [3.8, 4) is 0 Å². The fourth-order valence-electron chi connectivity index (χ4n) is 1.93. The van der Waals surface area contributed by atoms with E-state index >= 15 is 0 Å². The first-order valence-corrected chi connectivity index (χ1v) is 6.39. The van der Waals surface area contributed by atoms with Crippen molar-refractivity contribution in [2.75, 3.05) is 0 Å². The summed E-state index contributed by atoms with van der Waals surface area (Å²) in [5.74, 6) is 0.489. The van der Waals surface area contributed by atoms with E-state index < -0.39 is 0 Å². The van der Waals surface area contributed by atoms with Crippen molar-refractivity contribution in [2.45, 2.75) is 6.42 Å². The minimum Gasteiger partial charge on any atom is -0.342 e. The van der Waals surface area contributed by atoms with Crippen LogP contribution in [0.3, 0.4) is 0 Å². The lowest BCUT2D eigenvalue weighted by Gasteiger charge is -1.97. The average molecular weight is 305 g/mol. The Balaban J connectivity index is 1.95. The number of para-hydroxylation sites is 1. The van der Waals surface area contributed by atoms with Crippen LogP contribution in [0.2, 0.25) is 0 Å². The Bertz CT molecular complexity index is 689. The standard InChI is InChI=1S/C14H10BrFN2/c15-10-6-4-9(5-7-10)8-13-17-12-3-1-2-11(16)14(12)18-13/h1-7H,8H2,(H,17,18). The number of aromatic amines is 1. The van der Waals surface area contributed by atoms with Crippen molar-refractivity contribution in [3.05, 3.63) is 64.1 Å². The number of hydrogen-bond acceptors (Lipinski definition) is 1. The predicted molar refractivity (Wildman–Crippen MR) is 73.0 cm³/mol. The van der Waals surface area contributed by atoms with E-state index in [9.17, 15) is 4.39 Å². The molecule has 3 rings (SSSR count). The number of aromatic nitrogens is 2. The van der Waals surface area contributed by atoms with E-state index in [4.69, 9.17) is 0 Å². The van der Waals surface area contributed by atoms with Crippen molar-refractivity contribution in [1.29, 1.82) is 0 Å². The number of nitrogens with one attached hydrogen (secondary N) is 1. The Morgan fingerprint density at radius 2 is 1.89 bits per heavy atom. The molecule has 0 aliphatic rings. The fourth-order valence-corrected chi connectivity index (χ4v) is 2.19. The molecule has 1 N–H and O–H groups in total. The number of halogens is 2. The maximum atomic E-state index is 13.5. The number of benzene rings is 2. The molecule has 2 nitrogen and oxygen atoms in total. The van der Waals surface area contributed by atoms with Crippen LogP contribution >= 0.6 is 15.9 Å². The topological polar surface area (TPSA) is 28.7 Å². The molecule has 0 radical (unpaired) electrons. The average Bonchev–Trinajstić information content (AvgIpc) is 2.76. The van der Waals surface area contributed by atoms with Gasteiger partial charge in [0.05, 0.1) is 5.52 Å². The summed E-state index contributed by atoms with van der Waals surface area (Å²) in [6, 6.07) is 12.9. The van der Waals surface area contributed by atoms with Crippen LogP contribution in [0, 0.1) is 5.82 Å². The fraction of sp³-hybridized carbons (Fsp3) is 0.0714. The molecule has 0 bridgehead atoms. The van der Waals surface area contributed by atoms with Gasteiger partial charge in [-0.3, -0.25) is 0 Å². The molecule has 2 aromatic carbocycles. The molecule has 0 fully saturated rings. The van der Waals surface area contributed by atoms with Gasteiger partial charge in [-0.05, 0) is 29.8 Å². The van der Waals surface area contributed by atoms with Crippen LogP contribution < -0.4 is 0 Å². The van der Waals surface area contributed by atoms with Gasteiger partial charge in [-0.15, -0.1) is 0 Å². The van der Waals surface area contributed by atoms with Crippen molar-refractivity contribution >= 4 is 27.0 Å². The second kappa shape index (κ2) is 4.53. The highest BCUT2D eigenvalue weighted by atomic mass is 79.9. The second-order valence-corrected chi connectivity index (χ2v) is 5.04. The Hall–Kier alpha value is -1.68. The van der Waals surface area contributed by atoms with Gasteiger partial charge in [-0.25, -0.2) is 9.37 Å². The zero-order chi connectivity index (χ0) is 12.5. The first-order valence-electron chi connectivity index (χ1n) is 5.60. The van der Waals surface area contributed by atoms with Crippen molar-refractivity contribution < 1.29 is 4.39 Å². The predicted octanol–water partition coefficient (Wildman–Crippen LogP) is 4.06. The van der Waals surface area contributed by atoms with Crippen LogP contribution in [0.5, 0.6) is 0 Å². The van der Waals surface area contributed by atoms with Gasteiger partial charge < -0.3 is 4.98 Å². The largest absolute Gasteiger partial charge is 0.342 e. The summed E-state index contributed by atoms with van der Waals surface area (Å²) >= 11 is 3.40. The normalized spacial score (nSPS) is 11.0. The van der Waals surface area contributed by atoms with E-state index in [1.54, 1.807) is 6.07 Å². The lowest BCUT2D eigenvalue weighted by atomic mass is 10.1. The number of fused-ring (bicyclic) bond motifs is 1. The molecule has 0 unspecified atom stereocenters. The third-order valence-electron chi connectivity index (χ3n) is 2.80. The van der Waals surface area contributed by atoms with Gasteiger partial charge >= 0.3 is 0 Å². The molecule has 0 saturated carbocycles. The van der Waals surface area contributed by atoms with Crippen molar-refractivity contribution in [1.82, 2.24) is 9.97 Å². The lowest BCUT2D eigenvalue weighted by molar-refractivity contribution is 0.637. The molecule has 1 aromatic heterocycles. The first kappa shape index (κ1) is 11.4. The lowest BCUT2D eigenvalue weighted by Crippen LogP contribution is -1.90. The van der Waals surface area contributed by atoms with Gasteiger partial charge in [-0.1, -0.05) is 34.1 Å². The van der Waals surface area contributed by atoms with Crippen LogP contribution in [-0.4, -0.2) is 9.97 Å². The maximum Gasteiger partial charge on any atom is 0.151 e. The molecule has 1 heterocycles. The highest BCUT2D eigenvalue weighted by Crippen LogP contribution is 2.17. The van der Waals surface area contributed by atoms with E-state index in [0.717, 1.165) is 21.4 Å². The van der Waals surface area contributed by atoms with Crippen LogP contribution in [-0.2, 0) is 6.42 Å². The van der Waals surface area contributed by atoms with Crippen molar-refractivity contribution in [3.63, 3.8) is 0 Å². The summed E-state index contributed by atoms with van der Waals surface area (Å²) < 4.78 is 14.5. The molecule has 4 heteroatoms. The summed E-state index contributed by atoms with van der Waals surface area (Å²) in [7, 11) is 0. The van der Waals surface area contributed by atoms with E-state index in [-0.39, 0.29) is 5.82 Å². The first-order chi connectivity index (χ1) is 8.72. The molecule has 18 heavy (non-hydrogen) atoms. The molecular weight excluding hydrogens is 295 g/mol. The molecule has 0 aliphatic heterocycles. The van der Waals surface area contributed by atoms with Crippen LogP contribution in [0.1, 0.15) is 11.4 Å². The minimum atomic E-state index is -0.286. The van der Waals surface area contributed by atoms with Gasteiger partial charge in [-0.2, -0.15) is 0 Å². The van der Waals surface area contributed by atoms with E-state index in [1.165, 1.54) is 6.07 Å². The molecule has 0 spiro atoms. The summed E-state index contributed by atoms with van der Waals surface area (Å²) in [6.07, 6.45) is 0.668. The molecule has 3 aromatic rings. The minimum absolute atomic E-state index is 0.286. The van der Waals surface area contributed by atoms with E-state index in [0.29, 0.717) is 11.9 Å². The zero-order valence-corrected chi connectivity index (χ0v) is 11.0. The van der Waals surface area contributed by atoms with Gasteiger partial charge in [0.1, 0.15) is 11.3 Å². The molecule has 0 aliphatic carbocycles. The number of nitrogens with zero attached hydrogens (tertiary/aromatic N) is 1. The van der Waals surface area contributed by atoms with Crippen LogP contribution in [0.15, 0.2) is 46.9 Å². The smallest absolute Gasteiger partial charge is 0.151 e. The highest BCUT2D eigenvalue weighted by molar-refractivity contribution is 9.10. The highest BCUT2D eigenvalue weighted by Gasteiger charge is 2.07. The van der Waals surface area contributed by atoms with E-state index in [1.807, 2.05) is 30.3 Å². The third kappa shape index (κ3) is 2.16. The Morgan fingerprint density at radius 3 is 2.61 bits per heavy atom. The van der Waals surface area contributed by atoms with Gasteiger partial charge in [0, 0.05) is 10.9 Å². The molecular formula is C14H10BrFN2. The number of rotatable bonds is 2. The Labute approximate surface area is 112 Å². The summed E-state index contributed by atoms with van der Waals surface area (Å²) in [5, 5.41) is 0. The monoisotopic (exact) mass is 304 g/mol. The number of hydrogen-bond donors (Lipinski definition) is 1. The number of imidazole rings is 1. The van der Waals surface area contributed by atoms with Gasteiger partial charge in [0.15, 0.2) is 5.82 Å². The quantitative estimate of drug-likeness (QED) is 0.760. The Kier molecular flexibility index (Phi) is 2.88. The SMILES string of the molecule is Fc1cccc2[nH]c(Cc3ccc(Br)cc3)nc12. The number of H-pyrrole nitrogens is 1. The molecule has 0 atom stereocenters. The van der Waals surface area contributed by atoms with E-state index in [2.05, 4.69) is 25.9 Å². The van der Waals surface area contributed by atoms with Gasteiger partial charge in [0.2, 0.25) is 0 Å². The Morgan fingerprint density at radius 1 is 1.11 bits per heavy atom. The summed E-state index contributed by atoms with van der Waals surface area (Å²) in [5.41, 5.74) is 2.28. The molecule has 90 valence electrons.